The molecule has 11 heteroatoms. The van der Waals surface area contributed by atoms with Crippen LogP contribution in [0.1, 0.15) is 22.3 Å². The molecular weight excluding hydrogens is 974 g/mol. The SMILES string of the molecule is [C-]#[N+]c1cc(-c2cc(-n3c4cc(-c5ccccc5C#N)ccc4c4ccc(-c5ccccc5[N+]#[C-])cc43)c(C#N)c(-n3c4cc(-c5ccccc5C#N)ccc4c4ccc(-c5ccccc5[N+]#[C-])cc43)c2)cc(C(F)(F)F)c1. The van der Waals surface area contributed by atoms with Crippen molar-refractivity contribution in [3.05, 3.63) is 257 Å². The van der Waals surface area contributed by atoms with Gasteiger partial charge in [-0.05, 0) is 122 Å². The molecule has 0 atom stereocenters. The standard InChI is InChI=1S/C67H33F3N8/c1-74-49-29-46(28-48(36-49)67(68,69)70)47-34-65(77-61-30-40(50-14-6-4-12-44(50)37-71)20-24-54(61)56-26-22-42(32-63(56)77)52-16-8-10-18-59(52)75-2)58(39-73)66(35-47)78-62-31-41(51-15-7-5-13-45(51)38-72)21-25-55(62)57-27-23-43(33-64(57)78)53-17-9-11-19-60(53)76-3/h4-36H. The number of nitriles is 3. The maximum Gasteiger partial charge on any atom is 0.415 e. The maximum atomic E-state index is 14.9. The third kappa shape index (κ3) is 7.82. The van der Waals surface area contributed by atoms with Crippen LogP contribution in [0.25, 0.3) is 125 Å². The number of benzene rings is 10. The molecule has 0 saturated heterocycles. The van der Waals surface area contributed by atoms with E-state index in [1.54, 1.807) is 60.7 Å². The fourth-order valence-electron chi connectivity index (χ4n) is 10.8. The predicted molar refractivity (Wildman–Crippen MR) is 300 cm³/mol. The minimum Gasteiger partial charge on any atom is -0.308 e. The lowest BCUT2D eigenvalue weighted by Crippen LogP contribution is -2.07. The van der Waals surface area contributed by atoms with Crippen LogP contribution in [0, 0.1) is 53.7 Å². The first-order valence-corrected chi connectivity index (χ1v) is 24.3. The maximum absolute atomic E-state index is 14.9. The Balaban J connectivity index is 1.28. The fraction of sp³-hybridized carbons (Fsp3) is 0.0149. The zero-order valence-corrected chi connectivity index (χ0v) is 40.8. The summed E-state index contributed by atoms with van der Waals surface area (Å²) in [6, 6.07) is 65.9. The van der Waals surface area contributed by atoms with Gasteiger partial charge in [0.05, 0.1) is 76.4 Å². The molecule has 10 aromatic carbocycles. The normalized spacial score (nSPS) is 11.2. The second-order valence-corrected chi connectivity index (χ2v) is 18.6. The van der Waals surface area contributed by atoms with Gasteiger partial charge in [0.1, 0.15) is 11.6 Å². The molecule has 0 fully saturated rings. The minimum atomic E-state index is -4.82. The monoisotopic (exact) mass is 1010 g/mol. The molecule has 0 bridgehead atoms. The van der Waals surface area contributed by atoms with E-state index in [1.165, 1.54) is 6.07 Å². The largest absolute Gasteiger partial charge is 0.415 e. The van der Waals surface area contributed by atoms with Crippen LogP contribution in [0.3, 0.4) is 0 Å². The summed E-state index contributed by atoms with van der Waals surface area (Å²) in [6.45, 7) is 24.1. The van der Waals surface area contributed by atoms with E-state index in [1.807, 2.05) is 130 Å². The lowest BCUT2D eigenvalue weighted by atomic mass is 9.97. The van der Waals surface area contributed by atoms with Crippen LogP contribution in [0.2, 0.25) is 0 Å². The number of rotatable bonds is 7. The van der Waals surface area contributed by atoms with Gasteiger partial charge in [-0.15, -0.1) is 0 Å². The molecule has 0 aliphatic carbocycles. The second kappa shape index (κ2) is 18.8. The lowest BCUT2D eigenvalue weighted by Gasteiger charge is -2.20. The molecule has 0 aliphatic rings. The molecule has 2 heterocycles. The average Bonchev–Trinajstić information content (AvgIpc) is 4.18. The summed E-state index contributed by atoms with van der Waals surface area (Å²) in [5.41, 5.74) is 9.26. The first-order valence-electron chi connectivity index (χ1n) is 24.3. The van der Waals surface area contributed by atoms with E-state index >= 15 is 0 Å². The van der Waals surface area contributed by atoms with Gasteiger partial charge in [0.15, 0.2) is 17.1 Å². The highest BCUT2D eigenvalue weighted by atomic mass is 19.4. The summed E-state index contributed by atoms with van der Waals surface area (Å²) < 4.78 is 48.6. The molecule has 0 N–H and O–H groups in total. The zero-order valence-electron chi connectivity index (χ0n) is 40.8. The van der Waals surface area contributed by atoms with Gasteiger partial charge in [0.2, 0.25) is 0 Å². The smallest absolute Gasteiger partial charge is 0.308 e. The third-order valence-electron chi connectivity index (χ3n) is 14.3. The summed E-state index contributed by atoms with van der Waals surface area (Å²) in [5, 5.41) is 35.6. The Hall–Kier alpha value is -11.5. The number of fused-ring (bicyclic) bond motifs is 6. The van der Waals surface area contributed by atoms with Gasteiger partial charge in [0, 0.05) is 27.1 Å². The highest BCUT2D eigenvalue weighted by Crippen LogP contribution is 2.46. The molecule has 2 aromatic heterocycles. The number of hydrogen-bond donors (Lipinski definition) is 0. The van der Waals surface area contributed by atoms with Crippen molar-refractivity contribution in [2.75, 3.05) is 0 Å². The molecule has 0 unspecified atom stereocenters. The fourth-order valence-corrected chi connectivity index (χ4v) is 10.8. The van der Waals surface area contributed by atoms with Gasteiger partial charge < -0.3 is 9.13 Å². The first kappa shape index (κ1) is 47.5. The molecule has 12 rings (SSSR count). The van der Waals surface area contributed by atoms with Crippen LogP contribution in [0.5, 0.6) is 0 Å². The van der Waals surface area contributed by atoms with Gasteiger partial charge >= 0.3 is 6.18 Å². The quantitative estimate of drug-likeness (QED) is 0.149. The highest BCUT2D eigenvalue weighted by Gasteiger charge is 2.32. The minimum absolute atomic E-state index is 0.0648. The van der Waals surface area contributed by atoms with E-state index in [-0.39, 0.29) is 33.8 Å². The van der Waals surface area contributed by atoms with E-state index in [2.05, 4.69) is 32.7 Å². The number of alkyl halides is 3. The van der Waals surface area contributed by atoms with E-state index in [0.717, 1.165) is 33.7 Å². The highest BCUT2D eigenvalue weighted by molar-refractivity contribution is 6.14. The van der Waals surface area contributed by atoms with Crippen molar-refractivity contribution in [3.8, 4) is 85.2 Å². The lowest BCUT2D eigenvalue weighted by molar-refractivity contribution is -0.137. The molecule has 8 nitrogen and oxygen atoms in total. The Morgan fingerprint density at radius 2 is 0.744 bits per heavy atom. The Labute approximate surface area is 444 Å². The third-order valence-corrected chi connectivity index (χ3v) is 14.3. The number of aromatic nitrogens is 2. The van der Waals surface area contributed by atoms with Crippen LogP contribution >= 0.6 is 0 Å². The van der Waals surface area contributed by atoms with Crippen molar-refractivity contribution in [1.82, 2.24) is 9.13 Å². The molecular formula is C67H33F3N8. The molecule has 0 spiro atoms. The van der Waals surface area contributed by atoms with Crippen molar-refractivity contribution < 1.29 is 13.2 Å². The summed E-state index contributed by atoms with van der Waals surface area (Å²) in [6.07, 6.45) is -4.82. The Morgan fingerprint density at radius 3 is 1.12 bits per heavy atom. The Morgan fingerprint density at radius 1 is 0.372 bits per heavy atom. The van der Waals surface area contributed by atoms with Crippen LogP contribution in [-0.2, 0) is 6.18 Å². The number of para-hydroxylation sites is 2. The summed E-state index contributed by atoms with van der Waals surface area (Å²) in [4.78, 5) is 11.1. The number of hydrogen-bond acceptors (Lipinski definition) is 3. The van der Waals surface area contributed by atoms with Gasteiger partial charge in [0.25, 0.3) is 0 Å². The van der Waals surface area contributed by atoms with Crippen LogP contribution in [0.15, 0.2) is 200 Å². The summed E-state index contributed by atoms with van der Waals surface area (Å²) in [5.74, 6) is 0. The summed E-state index contributed by atoms with van der Waals surface area (Å²) in [7, 11) is 0. The van der Waals surface area contributed by atoms with Crippen LogP contribution < -0.4 is 0 Å². The van der Waals surface area contributed by atoms with E-state index in [4.69, 9.17) is 19.7 Å². The van der Waals surface area contributed by atoms with Crippen molar-refractivity contribution in [3.63, 3.8) is 0 Å². The molecule has 0 radical (unpaired) electrons. The predicted octanol–water partition coefficient (Wildman–Crippen LogP) is 18.5. The molecule has 12 aromatic rings. The topological polar surface area (TPSA) is 94.3 Å². The van der Waals surface area contributed by atoms with E-state index in [9.17, 15) is 29.0 Å². The van der Waals surface area contributed by atoms with Crippen molar-refractivity contribution in [2.24, 2.45) is 0 Å². The van der Waals surface area contributed by atoms with E-state index in [0.29, 0.717) is 89.1 Å². The van der Waals surface area contributed by atoms with Gasteiger partial charge in [-0.2, -0.15) is 29.0 Å². The van der Waals surface area contributed by atoms with E-state index < -0.39 is 11.7 Å². The first-order chi connectivity index (χ1) is 38.0. The van der Waals surface area contributed by atoms with Gasteiger partial charge in [-0.25, -0.2) is 14.5 Å². The number of nitrogens with zero attached hydrogens (tertiary/aromatic N) is 8. The van der Waals surface area contributed by atoms with Crippen LogP contribution in [0.4, 0.5) is 30.2 Å². The average molecular weight is 1010 g/mol. The van der Waals surface area contributed by atoms with Crippen LogP contribution in [-0.4, -0.2) is 9.13 Å². The molecule has 0 amide bonds. The van der Waals surface area contributed by atoms with Crippen molar-refractivity contribution in [1.29, 1.82) is 15.8 Å². The zero-order chi connectivity index (χ0) is 53.8. The van der Waals surface area contributed by atoms with Crippen molar-refractivity contribution >= 4 is 60.7 Å². The van der Waals surface area contributed by atoms with Crippen molar-refractivity contribution in [2.45, 2.75) is 6.18 Å². The molecule has 362 valence electrons. The molecule has 78 heavy (non-hydrogen) atoms. The number of halogens is 3. The summed E-state index contributed by atoms with van der Waals surface area (Å²) >= 11 is 0. The van der Waals surface area contributed by atoms with Gasteiger partial charge in [-0.3, -0.25) is 0 Å². The Bertz CT molecular complexity index is 4330. The molecule has 0 saturated carbocycles. The second-order valence-electron chi connectivity index (χ2n) is 18.6. The molecule has 0 aliphatic heterocycles. The Kier molecular flexibility index (Phi) is 11.4. The van der Waals surface area contributed by atoms with Gasteiger partial charge in [-0.1, -0.05) is 133 Å².